The van der Waals surface area contributed by atoms with Gasteiger partial charge in [-0.15, -0.1) is 0 Å². The van der Waals surface area contributed by atoms with Crippen LogP contribution in [-0.4, -0.2) is 9.55 Å². The van der Waals surface area contributed by atoms with Crippen LogP contribution in [0.15, 0.2) is 71.7 Å². The van der Waals surface area contributed by atoms with E-state index >= 15 is 0 Å². The van der Waals surface area contributed by atoms with Gasteiger partial charge in [0.1, 0.15) is 9.39 Å². The molecule has 0 saturated carbocycles. The Kier molecular flexibility index (Phi) is 4.15. The molecule has 3 rings (SSSR count). The van der Waals surface area contributed by atoms with E-state index in [1.165, 1.54) is 0 Å². The van der Waals surface area contributed by atoms with Crippen molar-refractivity contribution in [1.82, 2.24) is 9.55 Å². The first kappa shape index (κ1) is 14.0. The zero-order valence-electron chi connectivity index (χ0n) is 11.2. The summed E-state index contributed by atoms with van der Waals surface area (Å²) < 4.78 is 2.52. The molecule has 0 spiro atoms. The standard InChI is InChI=1S/C17H13IN2O/c18-15-12-20(11-13-7-3-1-4-8-13)17(21)16(19-15)14-9-5-2-6-10-14/h1-10,12H,11H2. The molecule has 104 valence electrons. The highest BCUT2D eigenvalue weighted by Crippen LogP contribution is 2.14. The van der Waals surface area contributed by atoms with Gasteiger partial charge in [0.15, 0.2) is 0 Å². The summed E-state index contributed by atoms with van der Waals surface area (Å²) >= 11 is 2.15. The molecule has 0 fully saturated rings. The maximum atomic E-state index is 12.6. The highest BCUT2D eigenvalue weighted by atomic mass is 127. The second-order valence-electron chi connectivity index (χ2n) is 4.70. The van der Waals surface area contributed by atoms with Crippen LogP contribution in [0.2, 0.25) is 0 Å². The molecule has 0 saturated heterocycles. The molecule has 0 aliphatic rings. The first-order valence-electron chi connectivity index (χ1n) is 6.60. The van der Waals surface area contributed by atoms with Gasteiger partial charge < -0.3 is 4.57 Å². The van der Waals surface area contributed by atoms with Crippen molar-refractivity contribution < 1.29 is 0 Å². The molecule has 1 heterocycles. The van der Waals surface area contributed by atoms with Crippen LogP contribution in [0.25, 0.3) is 11.3 Å². The molecule has 1 aromatic heterocycles. The number of rotatable bonds is 3. The molecular formula is C17H13IN2O. The molecule has 0 unspecified atom stereocenters. The summed E-state index contributed by atoms with van der Waals surface area (Å²) in [6.07, 6.45) is 1.79. The topological polar surface area (TPSA) is 34.9 Å². The smallest absolute Gasteiger partial charge is 0.277 e. The van der Waals surface area contributed by atoms with E-state index in [0.29, 0.717) is 12.2 Å². The monoisotopic (exact) mass is 388 g/mol. The summed E-state index contributed by atoms with van der Waals surface area (Å²) in [5, 5.41) is 0. The number of hydrogen-bond donors (Lipinski definition) is 0. The highest BCUT2D eigenvalue weighted by molar-refractivity contribution is 14.1. The molecule has 0 atom stereocenters. The van der Waals surface area contributed by atoms with E-state index in [-0.39, 0.29) is 5.56 Å². The summed E-state index contributed by atoms with van der Waals surface area (Å²) in [6, 6.07) is 19.5. The van der Waals surface area contributed by atoms with Crippen molar-refractivity contribution in [2.45, 2.75) is 6.54 Å². The predicted octanol–water partition coefficient (Wildman–Crippen LogP) is 3.56. The summed E-state index contributed by atoms with van der Waals surface area (Å²) in [4.78, 5) is 17.0. The summed E-state index contributed by atoms with van der Waals surface area (Å²) in [5.74, 6) is 0. The highest BCUT2D eigenvalue weighted by Gasteiger charge is 2.09. The molecule has 0 aliphatic heterocycles. The molecule has 2 aromatic carbocycles. The fourth-order valence-corrected chi connectivity index (χ4v) is 2.77. The summed E-state index contributed by atoms with van der Waals surface area (Å²) in [5.41, 5.74) is 2.38. The lowest BCUT2D eigenvalue weighted by Gasteiger charge is -2.09. The minimum Gasteiger partial charge on any atom is -0.307 e. The van der Waals surface area contributed by atoms with Crippen molar-refractivity contribution in [2.75, 3.05) is 0 Å². The van der Waals surface area contributed by atoms with Crippen molar-refractivity contribution >= 4 is 22.6 Å². The van der Waals surface area contributed by atoms with Gasteiger partial charge in [-0.05, 0) is 28.2 Å². The van der Waals surface area contributed by atoms with E-state index in [1.807, 2.05) is 60.7 Å². The number of aromatic nitrogens is 2. The molecule has 0 radical (unpaired) electrons. The van der Waals surface area contributed by atoms with Crippen LogP contribution in [0.4, 0.5) is 0 Å². The van der Waals surface area contributed by atoms with Crippen LogP contribution in [0.3, 0.4) is 0 Å². The largest absolute Gasteiger partial charge is 0.307 e. The van der Waals surface area contributed by atoms with E-state index in [2.05, 4.69) is 27.6 Å². The second-order valence-corrected chi connectivity index (χ2v) is 5.80. The molecule has 0 bridgehead atoms. The first-order chi connectivity index (χ1) is 10.2. The lowest BCUT2D eigenvalue weighted by molar-refractivity contribution is 0.745. The van der Waals surface area contributed by atoms with Gasteiger partial charge in [0.2, 0.25) is 0 Å². The van der Waals surface area contributed by atoms with Crippen LogP contribution in [0, 0.1) is 3.70 Å². The number of benzene rings is 2. The zero-order chi connectivity index (χ0) is 14.7. The average Bonchev–Trinajstić information content (AvgIpc) is 2.52. The van der Waals surface area contributed by atoms with E-state index in [0.717, 1.165) is 14.8 Å². The van der Waals surface area contributed by atoms with Crippen LogP contribution < -0.4 is 5.56 Å². The maximum Gasteiger partial charge on any atom is 0.277 e. The predicted molar refractivity (Wildman–Crippen MR) is 92.2 cm³/mol. The SMILES string of the molecule is O=c1c(-c2ccccc2)nc(I)cn1Cc1ccccc1. The fraction of sp³-hybridized carbons (Fsp3) is 0.0588. The Balaban J connectivity index is 2.07. The third-order valence-electron chi connectivity index (χ3n) is 3.19. The average molecular weight is 388 g/mol. The summed E-state index contributed by atoms with van der Waals surface area (Å²) in [6.45, 7) is 0.554. The van der Waals surface area contributed by atoms with Gasteiger partial charge in [0, 0.05) is 11.8 Å². The summed E-state index contributed by atoms with van der Waals surface area (Å²) in [7, 11) is 0. The van der Waals surface area contributed by atoms with Gasteiger partial charge in [0.05, 0.1) is 6.54 Å². The van der Waals surface area contributed by atoms with Crippen molar-refractivity contribution in [3.8, 4) is 11.3 Å². The molecule has 4 heteroatoms. The zero-order valence-corrected chi connectivity index (χ0v) is 13.4. The number of halogens is 1. The lowest BCUT2D eigenvalue weighted by Crippen LogP contribution is -2.24. The van der Waals surface area contributed by atoms with Gasteiger partial charge in [-0.25, -0.2) is 4.98 Å². The number of nitrogens with zero attached hydrogens (tertiary/aromatic N) is 2. The van der Waals surface area contributed by atoms with Crippen LogP contribution in [-0.2, 0) is 6.54 Å². The van der Waals surface area contributed by atoms with E-state index < -0.39 is 0 Å². The molecule has 21 heavy (non-hydrogen) atoms. The first-order valence-corrected chi connectivity index (χ1v) is 7.68. The Labute approximate surface area is 136 Å². The second kappa shape index (κ2) is 6.22. The Bertz CT molecular complexity index is 798. The van der Waals surface area contributed by atoms with Crippen molar-refractivity contribution in [1.29, 1.82) is 0 Å². The molecule has 0 amide bonds. The molecule has 0 aliphatic carbocycles. The quantitative estimate of drug-likeness (QED) is 0.644. The fourth-order valence-electron chi connectivity index (χ4n) is 2.19. The minimum absolute atomic E-state index is 0.0644. The van der Waals surface area contributed by atoms with Crippen LogP contribution in [0.1, 0.15) is 5.56 Å². The lowest BCUT2D eigenvalue weighted by atomic mass is 10.1. The maximum absolute atomic E-state index is 12.6. The Hall–Kier alpha value is -1.95. The van der Waals surface area contributed by atoms with Crippen LogP contribution >= 0.6 is 22.6 Å². The van der Waals surface area contributed by atoms with Gasteiger partial charge in [-0.2, -0.15) is 0 Å². The third-order valence-corrected chi connectivity index (χ3v) is 3.71. The minimum atomic E-state index is -0.0644. The van der Waals surface area contributed by atoms with Gasteiger partial charge in [0.25, 0.3) is 5.56 Å². The number of hydrogen-bond acceptors (Lipinski definition) is 2. The Morgan fingerprint density at radius 1 is 0.952 bits per heavy atom. The molecule has 3 aromatic rings. The van der Waals surface area contributed by atoms with Gasteiger partial charge >= 0.3 is 0 Å². The van der Waals surface area contributed by atoms with Crippen LogP contribution in [0.5, 0.6) is 0 Å². The van der Waals surface area contributed by atoms with E-state index in [9.17, 15) is 4.79 Å². The van der Waals surface area contributed by atoms with E-state index in [4.69, 9.17) is 0 Å². The molecule has 3 nitrogen and oxygen atoms in total. The van der Waals surface area contributed by atoms with E-state index in [1.54, 1.807) is 10.8 Å². The Morgan fingerprint density at radius 3 is 2.24 bits per heavy atom. The van der Waals surface area contributed by atoms with Crippen molar-refractivity contribution in [2.24, 2.45) is 0 Å². The third kappa shape index (κ3) is 3.21. The normalized spacial score (nSPS) is 10.5. The molecule has 0 N–H and O–H groups in total. The molecular weight excluding hydrogens is 375 g/mol. The Morgan fingerprint density at radius 2 is 1.57 bits per heavy atom. The van der Waals surface area contributed by atoms with Gasteiger partial charge in [-0.1, -0.05) is 60.7 Å². The van der Waals surface area contributed by atoms with Crippen molar-refractivity contribution in [3.63, 3.8) is 0 Å². The van der Waals surface area contributed by atoms with Crippen molar-refractivity contribution in [3.05, 3.63) is 86.5 Å². The van der Waals surface area contributed by atoms with Gasteiger partial charge in [-0.3, -0.25) is 4.79 Å².